The number of amides is 2. The minimum absolute atomic E-state index is 0.00628. The number of aldehydes is 1. The summed E-state index contributed by atoms with van der Waals surface area (Å²) in [6.07, 6.45) is 6.63. The molecule has 3 saturated heterocycles. The molecular weight excluding hydrogens is 870 g/mol. The highest BCUT2D eigenvalue weighted by Crippen LogP contribution is 2.28. The van der Waals surface area contributed by atoms with Gasteiger partial charge in [-0.2, -0.15) is 0 Å². The topological polar surface area (TPSA) is 234 Å². The first-order chi connectivity index (χ1) is 31.9. The number of carbonyl (C=O) groups excluding carboxylic acids is 4. The third-order valence-electron chi connectivity index (χ3n) is 10.7. The second kappa shape index (κ2) is 27.5. The quantitative estimate of drug-likeness (QED) is 0.0567. The standard InChI is InChI=1S/C19H19NO4.C12H15NO2.C7H5ClO.C7H6O4.C5H11NO/c21-12-16-17(22)9-4-10-18(16)24-13-15-8-5-11-20(15)19(23)14-6-2-1-3-7-14;14-9-11-7-4-8-13(11)12(15)10-5-2-1-3-6-10;8-7(9)6-4-2-1-3-5-6;8-4-2-1-3-5(9)6(4)7(10)11;7-4-5-2-1-3-6-5/h1-4,6-7,9-10,12,15,22H,5,8,11,13H2;1-3,5-6,11,14H,4,7-9H2;1-5H;1-3,8-9H,(H,10,11);5-7H,1-4H2/t15-;11-;;;5-/m00..0/s1. The summed E-state index contributed by atoms with van der Waals surface area (Å²) in [5, 5.41) is 56.4. The molecule has 0 bridgehead atoms. The van der Waals surface area contributed by atoms with Gasteiger partial charge in [-0.1, -0.05) is 78.9 Å². The van der Waals surface area contributed by atoms with E-state index in [0.29, 0.717) is 54.5 Å². The van der Waals surface area contributed by atoms with Crippen molar-refractivity contribution in [2.24, 2.45) is 0 Å². The summed E-state index contributed by atoms with van der Waals surface area (Å²) in [5.74, 6) is -1.95. The minimum Gasteiger partial charge on any atom is -0.507 e. The summed E-state index contributed by atoms with van der Waals surface area (Å²) in [4.78, 5) is 60.1. The van der Waals surface area contributed by atoms with E-state index in [9.17, 15) is 29.1 Å². The van der Waals surface area contributed by atoms with Crippen LogP contribution in [0.5, 0.6) is 23.0 Å². The van der Waals surface area contributed by atoms with Crippen LogP contribution in [0, 0.1) is 0 Å². The Balaban J connectivity index is 0.000000194. The molecule has 0 spiro atoms. The van der Waals surface area contributed by atoms with Crippen LogP contribution in [0.2, 0.25) is 0 Å². The predicted octanol–water partition coefficient (Wildman–Crippen LogP) is 6.76. The Morgan fingerprint density at radius 2 is 1.11 bits per heavy atom. The maximum absolute atomic E-state index is 12.6. The number of ether oxygens (including phenoxy) is 1. The Bertz CT molecular complexity index is 2280. The van der Waals surface area contributed by atoms with E-state index in [-0.39, 0.29) is 41.8 Å². The molecule has 16 heteroatoms. The molecule has 350 valence electrons. The van der Waals surface area contributed by atoms with E-state index < -0.39 is 28.3 Å². The maximum atomic E-state index is 12.6. The molecule has 0 saturated carbocycles. The number of phenols is 3. The number of phenolic OH excluding ortho intramolecular Hbond substituents is 1. The van der Waals surface area contributed by atoms with E-state index >= 15 is 0 Å². The smallest absolute Gasteiger partial charge is 0.343 e. The van der Waals surface area contributed by atoms with Crippen molar-refractivity contribution in [2.45, 2.75) is 56.7 Å². The van der Waals surface area contributed by atoms with Crippen molar-refractivity contribution in [3.8, 4) is 23.0 Å². The van der Waals surface area contributed by atoms with Crippen LogP contribution in [0.4, 0.5) is 0 Å². The summed E-state index contributed by atoms with van der Waals surface area (Å²) in [7, 11) is 0. The van der Waals surface area contributed by atoms with Gasteiger partial charge in [-0.3, -0.25) is 19.2 Å². The van der Waals surface area contributed by atoms with Crippen molar-refractivity contribution in [3.63, 3.8) is 0 Å². The van der Waals surface area contributed by atoms with Crippen molar-refractivity contribution in [1.82, 2.24) is 15.1 Å². The van der Waals surface area contributed by atoms with Crippen molar-refractivity contribution in [2.75, 3.05) is 39.5 Å². The number of aromatic hydroxyl groups is 3. The number of carboxylic acids is 1. The van der Waals surface area contributed by atoms with E-state index in [2.05, 4.69) is 5.32 Å². The maximum Gasteiger partial charge on any atom is 0.343 e. The van der Waals surface area contributed by atoms with Crippen LogP contribution in [-0.4, -0.2) is 127 Å². The first-order valence-electron chi connectivity index (χ1n) is 21.5. The van der Waals surface area contributed by atoms with Crippen LogP contribution in [0.1, 0.15) is 90.3 Å². The molecular formula is C50H56ClN3O12. The molecule has 0 aliphatic carbocycles. The summed E-state index contributed by atoms with van der Waals surface area (Å²) in [5.41, 5.74) is 1.58. The van der Waals surface area contributed by atoms with Gasteiger partial charge in [0.25, 0.3) is 17.1 Å². The van der Waals surface area contributed by atoms with Gasteiger partial charge in [0.15, 0.2) is 6.29 Å². The largest absolute Gasteiger partial charge is 0.507 e. The van der Waals surface area contributed by atoms with Crippen molar-refractivity contribution in [3.05, 3.63) is 155 Å². The zero-order valence-electron chi connectivity index (χ0n) is 36.3. The van der Waals surface area contributed by atoms with Crippen LogP contribution in [0.15, 0.2) is 127 Å². The van der Waals surface area contributed by atoms with Gasteiger partial charge in [-0.05, 0) is 105 Å². The monoisotopic (exact) mass is 925 g/mol. The van der Waals surface area contributed by atoms with Crippen molar-refractivity contribution >= 4 is 40.9 Å². The molecule has 7 N–H and O–H groups in total. The summed E-state index contributed by atoms with van der Waals surface area (Å²) < 4.78 is 5.72. The van der Waals surface area contributed by atoms with E-state index in [4.69, 9.17) is 41.9 Å². The normalized spacial score (nSPS) is 16.9. The molecule has 5 aromatic rings. The highest BCUT2D eigenvalue weighted by atomic mass is 35.5. The highest BCUT2D eigenvalue weighted by Gasteiger charge is 2.31. The lowest BCUT2D eigenvalue weighted by Gasteiger charge is -2.25. The Labute approximate surface area is 388 Å². The van der Waals surface area contributed by atoms with Crippen LogP contribution in [0.3, 0.4) is 0 Å². The fourth-order valence-electron chi connectivity index (χ4n) is 7.25. The lowest BCUT2D eigenvalue weighted by atomic mass is 10.1. The Morgan fingerprint density at radius 3 is 1.52 bits per heavy atom. The lowest BCUT2D eigenvalue weighted by molar-refractivity contribution is 0.0673. The number of carbonyl (C=O) groups is 5. The molecule has 15 nitrogen and oxygen atoms in total. The molecule has 3 aliphatic heterocycles. The number of aliphatic hydroxyl groups is 2. The average Bonchev–Trinajstić information content (AvgIpc) is 4.16. The van der Waals surface area contributed by atoms with Crippen molar-refractivity contribution < 1.29 is 59.3 Å². The predicted molar refractivity (Wildman–Crippen MR) is 249 cm³/mol. The number of nitrogens with zero attached hydrogens (tertiary/aromatic N) is 2. The Kier molecular flexibility index (Phi) is 21.6. The fourth-order valence-corrected chi connectivity index (χ4v) is 7.38. The minimum atomic E-state index is -1.35. The number of aliphatic hydroxyl groups excluding tert-OH is 2. The average molecular weight is 926 g/mol. The molecule has 3 atom stereocenters. The molecule has 0 radical (unpaired) electrons. The molecule has 3 aliphatic rings. The van der Waals surface area contributed by atoms with Gasteiger partial charge in [-0.15, -0.1) is 0 Å². The number of rotatable bonds is 10. The van der Waals surface area contributed by atoms with Gasteiger partial charge < -0.3 is 50.5 Å². The Hall–Kier alpha value is -6.78. The SMILES string of the molecule is O=C(Cl)c1ccccc1.O=C(O)c1c(O)cccc1O.O=C(c1ccccc1)N1CCC[C@H]1CO.O=Cc1c(O)cccc1OC[C@@H]1CCCN1C(=O)c1ccccc1.OC[C@@H]1CCCN1. The molecule has 66 heavy (non-hydrogen) atoms. The number of likely N-dealkylation sites (tertiary alicyclic amines) is 2. The third-order valence-corrected chi connectivity index (χ3v) is 11.0. The number of nitrogens with one attached hydrogen (secondary N) is 1. The highest BCUT2D eigenvalue weighted by molar-refractivity contribution is 6.67. The number of hydrogen-bond donors (Lipinski definition) is 7. The number of benzene rings is 5. The molecule has 0 aromatic heterocycles. The first kappa shape index (κ1) is 51.9. The number of carboxylic acid groups (broad SMARTS) is 1. The van der Waals surface area contributed by atoms with Gasteiger partial charge in [-0.25, -0.2) is 4.79 Å². The van der Waals surface area contributed by atoms with Gasteiger partial charge in [0.05, 0.1) is 30.9 Å². The zero-order chi connectivity index (χ0) is 47.8. The second-order valence-electron chi connectivity index (χ2n) is 15.2. The number of halogens is 1. The van der Waals surface area contributed by atoms with E-state index in [0.717, 1.165) is 45.2 Å². The van der Waals surface area contributed by atoms with Crippen LogP contribution < -0.4 is 10.1 Å². The number of aromatic carboxylic acids is 1. The molecule has 0 unspecified atom stereocenters. The van der Waals surface area contributed by atoms with Crippen LogP contribution in [-0.2, 0) is 0 Å². The lowest BCUT2D eigenvalue weighted by Crippen LogP contribution is -2.39. The molecule has 3 fully saturated rings. The molecule has 5 aromatic carbocycles. The second-order valence-corrected chi connectivity index (χ2v) is 15.6. The fraction of sp³-hybridized carbons (Fsp3) is 0.300. The van der Waals surface area contributed by atoms with Crippen LogP contribution in [0.25, 0.3) is 0 Å². The van der Waals surface area contributed by atoms with E-state index in [1.165, 1.54) is 30.7 Å². The molecule has 3 heterocycles. The van der Waals surface area contributed by atoms with Crippen molar-refractivity contribution in [1.29, 1.82) is 0 Å². The van der Waals surface area contributed by atoms with Gasteiger partial charge >= 0.3 is 5.97 Å². The van der Waals surface area contributed by atoms with Gasteiger partial charge in [0.2, 0.25) is 0 Å². The Morgan fingerprint density at radius 1 is 0.621 bits per heavy atom. The first-order valence-corrected chi connectivity index (χ1v) is 21.8. The molecule has 2 amide bonds. The van der Waals surface area contributed by atoms with Gasteiger partial charge in [0, 0.05) is 35.8 Å². The third kappa shape index (κ3) is 15.7. The number of hydrogen-bond acceptors (Lipinski definition) is 12. The summed E-state index contributed by atoms with van der Waals surface area (Å²) in [6.45, 7) is 3.22. The summed E-state index contributed by atoms with van der Waals surface area (Å²) in [6, 6.07) is 36.0. The van der Waals surface area contributed by atoms with Crippen LogP contribution >= 0.6 is 11.6 Å². The zero-order valence-corrected chi connectivity index (χ0v) is 37.1. The summed E-state index contributed by atoms with van der Waals surface area (Å²) >= 11 is 5.16. The van der Waals surface area contributed by atoms with E-state index in [1.54, 1.807) is 53.4 Å². The van der Waals surface area contributed by atoms with Gasteiger partial charge in [0.1, 0.15) is 35.2 Å². The van der Waals surface area contributed by atoms with E-state index in [1.807, 2.05) is 59.5 Å². The molecule has 8 rings (SSSR count).